The summed E-state index contributed by atoms with van der Waals surface area (Å²) >= 11 is 0. The molecule has 1 aromatic rings. The number of carbonyl (C=O) groups is 3. The zero-order valence-electron chi connectivity index (χ0n) is 12.4. The van der Waals surface area contributed by atoms with Crippen molar-refractivity contribution in [2.75, 3.05) is 13.1 Å². The van der Waals surface area contributed by atoms with E-state index in [-0.39, 0.29) is 25.0 Å². The summed E-state index contributed by atoms with van der Waals surface area (Å²) in [4.78, 5) is 35.8. The highest BCUT2D eigenvalue weighted by Gasteiger charge is 2.20. The Hall–Kier alpha value is -2.37. The normalized spacial score (nSPS) is 10.3. The largest absolute Gasteiger partial charge is 0.480 e. The first kappa shape index (κ1) is 16.7. The first-order valence-electron chi connectivity index (χ1n) is 6.67. The standard InChI is InChI=1S/C15H20N2O4/c1-10(2)17(9-14(19)20)13(18)8-16-15(21)12-6-4-5-11(3)7-12/h4-7,10H,8-9H2,1-3H3,(H,16,21)(H,19,20). The van der Waals surface area contributed by atoms with Crippen LogP contribution in [-0.2, 0) is 9.59 Å². The van der Waals surface area contributed by atoms with Crippen LogP contribution in [0, 0.1) is 6.92 Å². The van der Waals surface area contributed by atoms with Crippen LogP contribution in [0.2, 0.25) is 0 Å². The average molecular weight is 292 g/mol. The van der Waals surface area contributed by atoms with Gasteiger partial charge in [0.05, 0.1) is 6.54 Å². The number of rotatable bonds is 6. The molecule has 21 heavy (non-hydrogen) atoms. The fourth-order valence-corrected chi connectivity index (χ4v) is 1.85. The Bertz CT molecular complexity index is 540. The fourth-order valence-electron chi connectivity index (χ4n) is 1.85. The smallest absolute Gasteiger partial charge is 0.323 e. The van der Waals surface area contributed by atoms with E-state index in [9.17, 15) is 14.4 Å². The van der Waals surface area contributed by atoms with Gasteiger partial charge >= 0.3 is 5.97 Å². The van der Waals surface area contributed by atoms with Crippen LogP contribution < -0.4 is 5.32 Å². The maximum absolute atomic E-state index is 12.0. The zero-order chi connectivity index (χ0) is 16.0. The van der Waals surface area contributed by atoms with Gasteiger partial charge in [-0.2, -0.15) is 0 Å². The van der Waals surface area contributed by atoms with Gasteiger partial charge in [0.1, 0.15) is 6.54 Å². The zero-order valence-corrected chi connectivity index (χ0v) is 12.4. The highest BCUT2D eigenvalue weighted by Crippen LogP contribution is 2.04. The Balaban J connectivity index is 2.62. The third kappa shape index (κ3) is 5.25. The lowest BCUT2D eigenvalue weighted by atomic mass is 10.1. The van der Waals surface area contributed by atoms with E-state index in [0.717, 1.165) is 5.56 Å². The van der Waals surface area contributed by atoms with Crippen LogP contribution >= 0.6 is 0 Å². The summed E-state index contributed by atoms with van der Waals surface area (Å²) in [7, 11) is 0. The molecule has 1 aromatic carbocycles. The van der Waals surface area contributed by atoms with E-state index in [1.165, 1.54) is 4.90 Å². The van der Waals surface area contributed by atoms with Gasteiger partial charge in [-0.3, -0.25) is 14.4 Å². The second kappa shape index (κ2) is 7.42. The Morgan fingerprint density at radius 2 is 1.95 bits per heavy atom. The van der Waals surface area contributed by atoms with E-state index in [0.29, 0.717) is 5.56 Å². The molecule has 0 fully saturated rings. The van der Waals surface area contributed by atoms with Gasteiger partial charge in [-0.05, 0) is 32.9 Å². The molecule has 2 amide bonds. The number of carbonyl (C=O) groups excluding carboxylic acids is 2. The van der Waals surface area contributed by atoms with Crippen molar-refractivity contribution in [3.05, 3.63) is 35.4 Å². The SMILES string of the molecule is Cc1cccc(C(=O)NCC(=O)N(CC(=O)O)C(C)C)c1. The van der Waals surface area contributed by atoms with Crippen molar-refractivity contribution in [2.24, 2.45) is 0 Å². The molecule has 6 nitrogen and oxygen atoms in total. The number of hydrogen-bond acceptors (Lipinski definition) is 3. The minimum atomic E-state index is -1.08. The molecule has 1 rings (SSSR count). The summed E-state index contributed by atoms with van der Waals surface area (Å²) in [6.07, 6.45) is 0. The molecule has 0 radical (unpaired) electrons. The van der Waals surface area contributed by atoms with Crippen LogP contribution in [0.3, 0.4) is 0 Å². The third-order valence-corrected chi connectivity index (χ3v) is 2.93. The Labute approximate surface area is 123 Å². The van der Waals surface area contributed by atoms with Gasteiger partial charge in [-0.25, -0.2) is 0 Å². The van der Waals surface area contributed by atoms with Gasteiger partial charge in [0.15, 0.2) is 0 Å². The van der Waals surface area contributed by atoms with Gasteiger partial charge in [0, 0.05) is 11.6 Å². The van der Waals surface area contributed by atoms with E-state index in [2.05, 4.69) is 5.32 Å². The number of hydrogen-bond donors (Lipinski definition) is 2. The topological polar surface area (TPSA) is 86.7 Å². The molecule has 0 spiro atoms. The summed E-state index contributed by atoms with van der Waals surface area (Å²) in [5.41, 5.74) is 1.42. The lowest BCUT2D eigenvalue weighted by Crippen LogP contribution is -2.45. The van der Waals surface area contributed by atoms with E-state index in [4.69, 9.17) is 5.11 Å². The summed E-state index contributed by atoms with van der Waals surface area (Å²) in [5.74, 6) is -1.86. The number of carboxylic acid groups (broad SMARTS) is 1. The van der Waals surface area contributed by atoms with Crippen molar-refractivity contribution in [3.8, 4) is 0 Å². The maximum Gasteiger partial charge on any atom is 0.323 e. The van der Waals surface area contributed by atoms with Crippen molar-refractivity contribution in [3.63, 3.8) is 0 Å². The second-order valence-corrected chi connectivity index (χ2v) is 5.06. The lowest BCUT2D eigenvalue weighted by Gasteiger charge is -2.24. The van der Waals surface area contributed by atoms with E-state index in [1.807, 2.05) is 13.0 Å². The summed E-state index contributed by atoms with van der Waals surface area (Å²) in [5, 5.41) is 11.3. The van der Waals surface area contributed by atoms with E-state index < -0.39 is 11.9 Å². The number of carboxylic acids is 1. The number of amides is 2. The molecule has 0 saturated carbocycles. The number of aryl methyl sites for hydroxylation is 1. The van der Waals surface area contributed by atoms with Crippen LogP contribution in [0.15, 0.2) is 24.3 Å². The Morgan fingerprint density at radius 3 is 2.48 bits per heavy atom. The fraction of sp³-hybridized carbons (Fsp3) is 0.400. The monoisotopic (exact) mass is 292 g/mol. The molecule has 0 atom stereocenters. The van der Waals surface area contributed by atoms with Gasteiger partial charge in [0.25, 0.3) is 5.91 Å². The van der Waals surface area contributed by atoms with Crippen molar-refractivity contribution in [2.45, 2.75) is 26.8 Å². The second-order valence-electron chi connectivity index (χ2n) is 5.06. The van der Waals surface area contributed by atoms with Gasteiger partial charge in [-0.1, -0.05) is 17.7 Å². The first-order chi connectivity index (χ1) is 9.81. The summed E-state index contributed by atoms with van der Waals surface area (Å²) in [6.45, 7) is 4.72. The molecule has 2 N–H and O–H groups in total. The molecular formula is C15H20N2O4. The molecule has 0 aromatic heterocycles. The predicted molar refractivity (Wildman–Crippen MR) is 78.0 cm³/mol. The highest BCUT2D eigenvalue weighted by atomic mass is 16.4. The van der Waals surface area contributed by atoms with E-state index >= 15 is 0 Å². The minimum Gasteiger partial charge on any atom is -0.480 e. The van der Waals surface area contributed by atoms with Crippen LogP contribution in [0.4, 0.5) is 0 Å². The average Bonchev–Trinajstić information content (AvgIpc) is 2.41. The molecule has 0 aliphatic carbocycles. The summed E-state index contributed by atoms with van der Waals surface area (Å²) < 4.78 is 0. The van der Waals surface area contributed by atoms with Gasteiger partial charge < -0.3 is 15.3 Å². The molecule has 0 aliphatic rings. The molecule has 0 saturated heterocycles. The molecule has 114 valence electrons. The van der Waals surface area contributed by atoms with Crippen LogP contribution in [0.25, 0.3) is 0 Å². The van der Waals surface area contributed by atoms with Crippen molar-refractivity contribution in [1.82, 2.24) is 10.2 Å². The maximum atomic E-state index is 12.0. The van der Waals surface area contributed by atoms with Crippen LogP contribution in [-0.4, -0.2) is 46.9 Å². The minimum absolute atomic E-state index is 0.224. The number of nitrogens with zero attached hydrogens (tertiary/aromatic N) is 1. The number of aliphatic carboxylic acids is 1. The van der Waals surface area contributed by atoms with Gasteiger partial charge in [0.2, 0.25) is 5.91 Å². The molecule has 0 bridgehead atoms. The van der Waals surface area contributed by atoms with Crippen molar-refractivity contribution < 1.29 is 19.5 Å². The molecular weight excluding hydrogens is 272 g/mol. The third-order valence-electron chi connectivity index (χ3n) is 2.93. The lowest BCUT2D eigenvalue weighted by molar-refractivity contribution is -0.145. The molecule has 0 heterocycles. The first-order valence-corrected chi connectivity index (χ1v) is 6.67. The molecule has 6 heteroatoms. The van der Waals surface area contributed by atoms with Gasteiger partial charge in [-0.15, -0.1) is 0 Å². The molecule has 0 aliphatic heterocycles. The van der Waals surface area contributed by atoms with Crippen LogP contribution in [0.5, 0.6) is 0 Å². The number of nitrogens with one attached hydrogen (secondary N) is 1. The Morgan fingerprint density at radius 1 is 1.29 bits per heavy atom. The van der Waals surface area contributed by atoms with Crippen molar-refractivity contribution >= 4 is 17.8 Å². The highest BCUT2D eigenvalue weighted by molar-refractivity contribution is 5.96. The number of benzene rings is 1. The predicted octanol–water partition coefficient (Wildman–Crippen LogP) is 1.05. The summed E-state index contributed by atoms with van der Waals surface area (Å²) in [6, 6.07) is 6.76. The van der Waals surface area contributed by atoms with Crippen molar-refractivity contribution in [1.29, 1.82) is 0 Å². The van der Waals surface area contributed by atoms with Crippen LogP contribution in [0.1, 0.15) is 29.8 Å². The quantitative estimate of drug-likeness (QED) is 0.820. The molecule has 0 unspecified atom stereocenters. The Kier molecular flexibility index (Phi) is 5.90. The van der Waals surface area contributed by atoms with E-state index in [1.54, 1.807) is 32.0 Å².